The lowest BCUT2D eigenvalue weighted by molar-refractivity contribution is -0.138. The standard InChI is InChI=1S/C27H24F3N5O4S/c1-40(38,39)23-11-17(5-6-19(23)16-35-9-3-2-4-25(35)36)10-21-12-18(7-8-32-21)26(37)34-15-20-14-33-24(31)13-22(20)27(28,29)30/h2-9,11-14H,10,15-16H2,1H3,(H2,31,33)(H,34,37). The fraction of sp³-hybridized carbons (Fsp3) is 0.185. The SMILES string of the molecule is CS(=O)(=O)c1cc(Cc2cc(C(=O)NCc3cnc(N)cc3C(F)(F)F)ccn2)ccc1Cn1ccccc1=O. The minimum Gasteiger partial charge on any atom is -0.384 e. The molecule has 3 aromatic heterocycles. The zero-order valence-corrected chi connectivity index (χ0v) is 22.0. The minimum absolute atomic E-state index is 0.0622. The van der Waals surface area contributed by atoms with Gasteiger partial charge in [0.15, 0.2) is 9.84 Å². The van der Waals surface area contributed by atoms with E-state index in [-0.39, 0.29) is 40.4 Å². The fourth-order valence-electron chi connectivity index (χ4n) is 4.07. The van der Waals surface area contributed by atoms with Crippen LogP contribution < -0.4 is 16.6 Å². The molecular weight excluding hydrogens is 547 g/mol. The van der Waals surface area contributed by atoms with Crippen LogP contribution in [0.5, 0.6) is 0 Å². The Bertz CT molecular complexity index is 1740. The van der Waals surface area contributed by atoms with E-state index in [1.165, 1.54) is 35.0 Å². The molecule has 1 aromatic carbocycles. The van der Waals surface area contributed by atoms with Gasteiger partial charge in [-0.25, -0.2) is 13.4 Å². The summed E-state index contributed by atoms with van der Waals surface area (Å²) in [5, 5.41) is 2.45. The number of halogens is 3. The number of nitrogens with two attached hydrogens (primary N) is 1. The summed E-state index contributed by atoms with van der Waals surface area (Å²) < 4.78 is 66.5. The molecule has 0 unspecified atom stereocenters. The molecule has 0 spiro atoms. The van der Waals surface area contributed by atoms with Crippen LogP contribution in [0.2, 0.25) is 0 Å². The molecule has 9 nitrogen and oxygen atoms in total. The number of amides is 1. The minimum atomic E-state index is -4.67. The number of carbonyl (C=O) groups is 1. The maximum absolute atomic E-state index is 13.3. The first-order chi connectivity index (χ1) is 18.8. The van der Waals surface area contributed by atoms with Crippen molar-refractivity contribution in [1.29, 1.82) is 0 Å². The Morgan fingerprint density at radius 3 is 2.52 bits per heavy atom. The van der Waals surface area contributed by atoms with Crippen LogP contribution in [0.3, 0.4) is 0 Å². The highest BCUT2D eigenvalue weighted by atomic mass is 32.2. The van der Waals surface area contributed by atoms with Gasteiger partial charge in [0.1, 0.15) is 5.82 Å². The van der Waals surface area contributed by atoms with E-state index in [4.69, 9.17) is 5.73 Å². The Balaban J connectivity index is 1.52. The first kappa shape index (κ1) is 28.5. The van der Waals surface area contributed by atoms with Gasteiger partial charge >= 0.3 is 6.18 Å². The third-order valence-corrected chi connectivity index (χ3v) is 7.17. The van der Waals surface area contributed by atoms with Gasteiger partial charge in [-0.1, -0.05) is 18.2 Å². The molecule has 0 aliphatic rings. The fourth-order valence-corrected chi connectivity index (χ4v) is 5.04. The maximum Gasteiger partial charge on any atom is 0.416 e. The third-order valence-electron chi connectivity index (χ3n) is 5.99. The van der Waals surface area contributed by atoms with E-state index in [0.717, 1.165) is 12.5 Å². The molecule has 3 heterocycles. The van der Waals surface area contributed by atoms with Crippen molar-refractivity contribution in [3.8, 4) is 0 Å². The van der Waals surface area contributed by atoms with E-state index in [1.807, 2.05) is 0 Å². The molecule has 3 N–H and O–H groups in total. The van der Waals surface area contributed by atoms with E-state index in [0.29, 0.717) is 22.9 Å². The Hall–Kier alpha value is -4.52. The second kappa shape index (κ2) is 11.3. The number of nitrogens with zero attached hydrogens (tertiary/aromatic N) is 3. The summed E-state index contributed by atoms with van der Waals surface area (Å²) in [6.07, 6.45) is 0.495. The van der Waals surface area contributed by atoms with Gasteiger partial charge in [0.25, 0.3) is 11.5 Å². The van der Waals surface area contributed by atoms with Gasteiger partial charge in [-0.15, -0.1) is 0 Å². The second-order valence-electron chi connectivity index (χ2n) is 9.04. The van der Waals surface area contributed by atoms with Crippen LogP contribution in [0.1, 0.15) is 38.3 Å². The highest BCUT2D eigenvalue weighted by Crippen LogP contribution is 2.32. The lowest BCUT2D eigenvalue weighted by atomic mass is 10.0. The number of hydrogen-bond acceptors (Lipinski definition) is 7. The topological polar surface area (TPSA) is 137 Å². The van der Waals surface area contributed by atoms with E-state index in [2.05, 4.69) is 15.3 Å². The molecule has 0 radical (unpaired) electrons. The Kier molecular flexibility index (Phi) is 8.05. The molecule has 4 aromatic rings. The molecule has 1 amide bonds. The maximum atomic E-state index is 13.3. The number of anilines is 1. The van der Waals surface area contributed by atoms with E-state index < -0.39 is 34.0 Å². The predicted molar refractivity (Wildman–Crippen MR) is 141 cm³/mol. The lowest BCUT2D eigenvalue weighted by Gasteiger charge is -2.14. The smallest absolute Gasteiger partial charge is 0.384 e. The highest BCUT2D eigenvalue weighted by Gasteiger charge is 2.34. The van der Waals surface area contributed by atoms with Crippen LogP contribution in [0.15, 0.2) is 82.9 Å². The molecule has 0 atom stereocenters. The molecular formula is C27H24F3N5O4S. The van der Waals surface area contributed by atoms with Crippen molar-refractivity contribution in [1.82, 2.24) is 19.9 Å². The monoisotopic (exact) mass is 571 g/mol. The van der Waals surface area contributed by atoms with Gasteiger partial charge < -0.3 is 15.6 Å². The van der Waals surface area contributed by atoms with Crippen molar-refractivity contribution in [2.75, 3.05) is 12.0 Å². The van der Waals surface area contributed by atoms with Crippen molar-refractivity contribution in [3.05, 3.63) is 117 Å². The molecule has 0 fully saturated rings. The first-order valence-electron chi connectivity index (χ1n) is 11.8. The number of benzene rings is 1. The molecule has 208 valence electrons. The van der Waals surface area contributed by atoms with Crippen LogP contribution in [0.25, 0.3) is 0 Å². The summed E-state index contributed by atoms with van der Waals surface area (Å²) in [5.41, 5.74) is 5.51. The number of nitrogens with one attached hydrogen (secondary N) is 1. The Morgan fingerprint density at radius 2 is 1.82 bits per heavy atom. The number of nitrogen functional groups attached to an aromatic ring is 1. The summed E-state index contributed by atoms with van der Waals surface area (Å²) in [5.74, 6) is -0.920. The molecule has 40 heavy (non-hydrogen) atoms. The van der Waals surface area contributed by atoms with Crippen molar-refractivity contribution < 1.29 is 26.4 Å². The number of aromatic nitrogens is 3. The van der Waals surface area contributed by atoms with Gasteiger partial charge in [0.2, 0.25) is 0 Å². The number of hydrogen-bond donors (Lipinski definition) is 2. The summed E-state index contributed by atoms with van der Waals surface area (Å²) >= 11 is 0. The number of rotatable bonds is 8. The third kappa shape index (κ3) is 6.91. The summed E-state index contributed by atoms with van der Waals surface area (Å²) in [4.78, 5) is 32.8. The first-order valence-corrected chi connectivity index (χ1v) is 13.7. The van der Waals surface area contributed by atoms with Crippen LogP contribution in [-0.2, 0) is 35.5 Å². The lowest BCUT2D eigenvalue weighted by Crippen LogP contribution is -2.25. The molecule has 4 rings (SSSR count). The second-order valence-corrected chi connectivity index (χ2v) is 11.0. The quantitative estimate of drug-likeness (QED) is 0.331. The van der Waals surface area contributed by atoms with Crippen molar-refractivity contribution in [2.24, 2.45) is 0 Å². The summed E-state index contributed by atoms with van der Waals surface area (Å²) in [6, 6.07) is 13.1. The molecule has 0 bridgehead atoms. The average molecular weight is 572 g/mol. The Morgan fingerprint density at radius 1 is 1.05 bits per heavy atom. The number of sulfone groups is 1. The van der Waals surface area contributed by atoms with Crippen molar-refractivity contribution >= 4 is 21.6 Å². The van der Waals surface area contributed by atoms with Gasteiger partial charge in [0, 0.05) is 60.7 Å². The molecule has 13 heteroatoms. The van der Waals surface area contributed by atoms with Gasteiger partial charge in [-0.2, -0.15) is 13.2 Å². The average Bonchev–Trinajstić information content (AvgIpc) is 2.89. The van der Waals surface area contributed by atoms with Crippen LogP contribution in [0.4, 0.5) is 19.0 Å². The zero-order chi connectivity index (χ0) is 29.1. The zero-order valence-electron chi connectivity index (χ0n) is 21.1. The number of pyridine rings is 3. The number of carbonyl (C=O) groups excluding carboxylic acids is 1. The molecule has 0 aliphatic carbocycles. The van der Waals surface area contributed by atoms with Crippen molar-refractivity contribution in [2.45, 2.75) is 30.6 Å². The summed E-state index contributed by atoms with van der Waals surface area (Å²) in [7, 11) is -3.65. The van der Waals surface area contributed by atoms with Gasteiger partial charge in [-0.3, -0.25) is 14.6 Å². The molecule has 0 saturated carbocycles. The van der Waals surface area contributed by atoms with Crippen LogP contribution in [0, 0.1) is 0 Å². The van der Waals surface area contributed by atoms with E-state index in [1.54, 1.807) is 30.5 Å². The van der Waals surface area contributed by atoms with Gasteiger partial charge in [0.05, 0.1) is 17.0 Å². The van der Waals surface area contributed by atoms with E-state index >= 15 is 0 Å². The highest BCUT2D eigenvalue weighted by molar-refractivity contribution is 7.90. The normalized spacial score (nSPS) is 11.8. The Labute approximate surface area is 227 Å². The molecule has 0 aliphatic heterocycles. The predicted octanol–water partition coefficient (Wildman–Crippen LogP) is 3.21. The van der Waals surface area contributed by atoms with Crippen LogP contribution >= 0.6 is 0 Å². The van der Waals surface area contributed by atoms with Gasteiger partial charge in [-0.05, 0) is 41.5 Å². The number of alkyl halides is 3. The van der Waals surface area contributed by atoms with E-state index in [9.17, 15) is 31.2 Å². The summed E-state index contributed by atoms with van der Waals surface area (Å²) in [6.45, 7) is -0.363. The van der Waals surface area contributed by atoms with Crippen LogP contribution in [-0.4, -0.2) is 35.1 Å². The molecule has 0 saturated heterocycles. The van der Waals surface area contributed by atoms with Crippen molar-refractivity contribution in [3.63, 3.8) is 0 Å². The largest absolute Gasteiger partial charge is 0.416 e.